The van der Waals surface area contributed by atoms with Crippen molar-refractivity contribution in [1.29, 1.82) is 0 Å². The first-order valence-electron chi connectivity index (χ1n) is 8.27. The zero-order valence-corrected chi connectivity index (χ0v) is 15.6. The SMILES string of the molecule is Cc1occc1C(=O)Nc1nc(CC(=O)N[C@@H](C)c2ccccc2F)cs1. The molecule has 0 fully saturated rings. The Bertz CT molecular complexity index is 967. The van der Waals surface area contributed by atoms with Gasteiger partial charge < -0.3 is 9.73 Å². The maximum atomic E-state index is 13.8. The van der Waals surface area contributed by atoms with Crippen LogP contribution in [0, 0.1) is 12.7 Å². The van der Waals surface area contributed by atoms with Gasteiger partial charge in [-0.2, -0.15) is 0 Å². The first kappa shape index (κ1) is 18.8. The number of nitrogens with one attached hydrogen (secondary N) is 2. The molecular formula is C19H18FN3O3S. The number of aryl methyl sites for hydroxylation is 1. The standard InChI is InChI=1S/C19H18FN3O3S/c1-11(14-5-3-4-6-16(14)20)21-17(24)9-13-10-27-19(22-13)23-18(25)15-7-8-26-12(15)2/h3-8,10-11H,9H2,1-2H3,(H,21,24)(H,22,23,25)/t11-/m0/s1. The van der Waals surface area contributed by atoms with E-state index in [2.05, 4.69) is 15.6 Å². The second kappa shape index (κ2) is 8.13. The number of anilines is 1. The van der Waals surface area contributed by atoms with Gasteiger partial charge in [0, 0.05) is 10.9 Å². The van der Waals surface area contributed by atoms with E-state index in [1.165, 1.54) is 23.7 Å². The van der Waals surface area contributed by atoms with E-state index >= 15 is 0 Å². The van der Waals surface area contributed by atoms with Crippen LogP contribution in [-0.2, 0) is 11.2 Å². The molecule has 1 atom stereocenters. The molecule has 8 heteroatoms. The van der Waals surface area contributed by atoms with E-state index in [0.29, 0.717) is 27.7 Å². The highest BCUT2D eigenvalue weighted by atomic mass is 32.1. The number of carbonyl (C=O) groups is 2. The molecule has 0 radical (unpaired) electrons. The minimum Gasteiger partial charge on any atom is -0.469 e. The minimum absolute atomic E-state index is 0.0376. The molecule has 0 saturated carbocycles. The molecule has 0 aliphatic carbocycles. The first-order valence-corrected chi connectivity index (χ1v) is 9.15. The molecule has 0 spiro atoms. The van der Waals surface area contributed by atoms with Gasteiger partial charge in [0.1, 0.15) is 11.6 Å². The van der Waals surface area contributed by atoms with Crippen molar-refractivity contribution >= 4 is 28.3 Å². The number of aromatic nitrogens is 1. The van der Waals surface area contributed by atoms with Crippen molar-refractivity contribution < 1.29 is 18.4 Å². The molecular weight excluding hydrogens is 369 g/mol. The van der Waals surface area contributed by atoms with E-state index in [1.807, 2.05) is 0 Å². The van der Waals surface area contributed by atoms with Crippen LogP contribution >= 0.6 is 11.3 Å². The molecule has 6 nitrogen and oxygen atoms in total. The van der Waals surface area contributed by atoms with Gasteiger partial charge in [0.25, 0.3) is 5.91 Å². The second-order valence-corrected chi connectivity index (χ2v) is 6.83. The molecule has 2 aromatic heterocycles. The fourth-order valence-electron chi connectivity index (χ4n) is 2.59. The van der Waals surface area contributed by atoms with Crippen molar-refractivity contribution in [3.05, 3.63) is 70.4 Å². The number of benzene rings is 1. The fourth-order valence-corrected chi connectivity index (χ4v) is 3.30. The van der Waals surface area contributed by atoms with Crippen LogP contribution in [-0.4, -0.2) is 16.8 Å². The van der Waals surface area contributed by atoms with E-state index in [9.17, 15) is 14.0 Å². The Morgan fingerprint density at radius 3 is 2.78 bits per heavy atom. The highest BCUT2D eigenvalue weighted by Gasteiger charge is 2.16. The highest BCUT2D eigenvalue weighted by molar-refractivity contribution is 7.14. The monoisotopic (exact) mass is 387 g/mol. The van der Waals surface area contributed by atoms with Crippen molar-refractivity contribution in [1.82, 2.24) is 10.3 Å². The number of hydrogen-bond donors (Lipinski definition) is 2. The number of rotatable bonds is 6. The minimum atomic E-state index is -0.458. The molecule has 0 aliphatic rings. The molecule has 3 rings (SSSR count). The maximum Gasteiger partial charge on any atom is 0.260 e. The second-order valence-electron chi connectivity index (χ2n) is 5.98. The Balaban J connectivity index is 1.57. The first-order chi connectivity index (χ1) is 12.9. The summed E-state index contributed by atoms with van der Waals surface area (Å²) >= 11 is 1.23. The Morgan fingerprint density at radius 2 is 2.07 bits per heavy atom. The molecule has 2 N–H and O–H groups in total. The summed E-state index contributed by atoms with van der Waals surface area (Å²) in [6, 6.07) is 7.43. The maximum absolute atomic E-state index is 13.8. The van der Waals surface area contributed by atoms with Crippen LogP contribution in [0.5, 0.6) is 0 Å². The van der Waals surface area contributed by atoms with Crippen molar-refractivity contribution in [3.63, 3.8) is 0 Å². The summed E-state index contributed by atoms with van der Waals surface area (Å²) in [4.78, 5) is 28.6. The van der Waals surface area contributed by atoms with Gasteiger partial charge in [-0.25, -0.2) is 9.37 Å². The number of nitrogens with zero attached hydrogens (tertiary/aromatic N) is 1. The summed E-state index contributed by atoms with van der Waals surface area (Å²) in [6.45, 7) is 3.42. The van der Waals surface area contributed by atoms with Gasteiger partial charge in [-0.3, -0.25) is 14.9 Å². The molecule has 2 amide bonds. The van der Waals surface area contributed by atoms with Crippen LogP contribution in [0.1, 0.15) is 40.3 Å². The van der Waals surface area contributed by atoms with Crippen LogP contribution < -0.4 is 10.6 Å². The third-order valence-corrected chi connectivity index (χ3v) is 4.77. The van der Waals surface area contributed by atoms with E-state index in [-0.39, 0.29) is 24.1 Å². The number of halogens is 1. The van der Waals surface area contributed by atoms with Crippen LogP contribution in [0.4, 0.5) is 9.52 Å². The van der Waals surface area contributed by atoms with Gasteiger partial charge in [-0.15, -0.1) is 11.3 Å². The zero-order chi connectivity index (χ0) is 19.4. The smallest absolute Gasteiger partial charge is 0.260 e. The summed E-state index contributed by atoms with van der Waals surface area (Å²) in [6.07, 6.45) is 1.48. The lowest BCUT2D eigenvalue weighted by atomic mass is 10.1. The lowest BCUT2D eigenvalue weighted by Crippen LogP contribution is -2.28. The lowest BCUT2D eigenvalue weighted by molar-refractivity contribution is -0.121. The quantitative estimate of drug-likeness (QED) is 0.673. The van der Waals surface area contributed by atoms with Crippen LogP contribution in [0.25, 0.3) is 0 Å². The highest BCUT2D eigenvalue weighted by Crippen LogP contribution is 2.19. The van der Waals surface area contributed by atoms with Crippen molar-refractivity contribution in [2.24, 2.45) is 0 Å². The van der Waals surface area contributed by atoms with Gasteiger partial charge in [-0.1, -0.05) is 18.2 Å². The predicted octanol–water partition coefficient (Wildman–Crippen LogP) is 3.86. The third-order valence-electron chi connectivity index (χ3n) is 3.97. The number of thiazole rings is 1. The molecule has 2 heterocycles. The summed E-state index contributed by atoms with van der Waals surface area (Å²) in [5.41, 5.74) is 1.38. The number of hydrogen-bond acceptors (Lipinski definition) is 5. The molecule has 0 aliphatic heterocycles. The zero-order valence-electron chi connectivity index (χ0n) is 14.8. The number of furan rings is 1. The van der Waals surface area contributed by atoms with Crippen LogP contribution in [0.15, 0.2) is 46.4 Å². The summed E-state index contributed by atoms with van der Waals surface area (Å²) in [7, 11) is 0. The fraction of sp³-hybridized carbons (Fsp3) is 0.211. The normalized spacial score (nSPS) is 11.8. The molecule has 0 saturated heterocycles. The van der Waals surface area contributed by atoms with E-state index in [4.69, 9.17) is 4.42 Å². The topological polar surface area (TPSA) is 84.2 Å². The Kier molecular flexibility index (Phi) is 5.66. The van der Waals surface area contributed by atoms with E-state index < -0.39 is 6.04 Å². The molecule has 3 aromatic rings. The summed E-state index contributed by atoms with van der Waals surface area (Å²) < 4.78 is 18.9. The van der Waals surface area contributed by atoms with Crippen molar-refractivity contribution in [3.8, 4) is 0 Å². The van der Waals surface area contributed by atoms with Crippen molar-refractivity contribution in [2.75, 3.05) is 5.32 Å². The molecule has 0 unspecified atom stereocenters. The van der Waals surface area contributed by atoms with Crippen LogP contribution in [0.3, 0.4) is 0 Å². The molecule has 27 heavy (non-hydrogen) atoms. The van der Waals surface area contributed by atoms with Crippen LogP contribution in [0.2, 0.25) is 0 Å². The third kappa shape index (κ3) is 4.59. The van der Waals surface area contributed by atoms with Crippen molar-refractivity contribution in [2.45, 2.75) is 26.3 Å². The predicted molar refractivity (Wildman–Crippen MR) is 100 cm³/mol. The van der Waals surface area contributed by atoms with Gasteiger partial charge in [0.05, 0.1) is 30.0 Å². The molecule has 140 valence electrons. The summed E-state index contributed by atoms with van der Waals surface area (Å²) in [5.74, 6) is -0.441. The largest absolute Gasteiger partial charge is 0.469 e. The van der Waals surface area contributed by atoms with E-state index in [0.717, 1.165) is 0 Å². The Morgan fingerprint density at radius 1 is 1.30 bits per heavy atom. The van der Waals surface area contributed by atoms with Gasteiger partial charge >= 0.3 is 0 Å². The molecule has 1 aromatic carbocycles. The lowest BCUT2D eigenvalue weighted by Gasteiger charge is -2.14. The van der Waals surface area contributed by atoms with Gasteiger partial charge in [0.2, 0.25) is 5.91 Å². The van der Waals surface area contributed by atoms with E-state index in [1.54, 1.807) is 43.5 Å². The molecule has 0 bridgehead atoms. The average Bonchev–Trinajstić information content (AvgIpc) is 3.23. The number of carbonyl (C=O) groups excluding carboxylic acids is 2. The number of amides is 2. The Labute approximate surface area is 159 Å². The Hall–Kier alpha value is -3.00. The van der Waals surface area contributed by atoms with Gasteiger partial charge in [0.15, 0.2) is 5.13 Å². The van der Waals surface area contributed by atoms with Gasteiger partial charge in [-0.05, 0) is 26.0 Å². The average molecular weight is 387 g/mol. The summed E-state index contributed by atoms with van der Waals surface area (Å²) in [5, 5.41) is 7.52.